The summed E-state index contributed by atoms with van der Waals surface area (Å²) in [6.45, 7) is 8.52. The maximum atomic E-state index is 6.27. The van der Waals surface area contributed by atoms with E-state index in [0.29, 0.717) is 24.1 Å². The van der Waals surface area contributed by atoms with Crippen LogP contribution < -0.4 is 4.90 Å². The maximum Gasteiger partial charge on any atom is 0.128 e. The minimum absolute atomic E-state index is 0.324. The fourth-order valence-electron chi connectivity index (χ4n) is 4.63. The van der Waals surface area contributed by atoms with Gasteiger partial charge in [-0.2, -0.15) is 0 Å². The van der Waals surface area contributed by atoms with Gasteiger partial charge in [-0.3, -0.25) is 4.90 Å². The minimum Gasteiger partial charge on any atom is -0.375 e. The third-order valence-corrected chi connectivity index (χ3v) is 6.65. The monoisotopic (exact) mass is 413 g/mol. The van der Waals surface area contributed by atoms with Crippen molar-refractivity contribution < 1.29 is 4.74 Å². The molecule has 0 aliphatic carbocycles. The molecule has 1 aromatic heterocycles. The van der Waals surface area contributed by atoms with E-state index >= 15 is 0 Å². The van der Waals surface area contributed by atoms with Gasteiger partial charge in [0.1, 0.15) is 5.82 Å². The highest BCUT2D eigenvalue weighted by Gasteiger charge is 2.36. The van der Waals surface area contributed by atoms with E-state index in [0.717, 1.165) is 43.5 Å². The number of hydrogen-bond donors (Lipinski definition) is 0. The lowest BCUT2D eigenvalue weighted by molar-refractivity contribution is -0.0980. The molecule has 2 aliphatic heterocycles. The highest BCUT2D eigenvalue weighted by molar-refractivity contribution is 6.30. The van der Waals surface area contributed by atoms with Gasteiger partial charge >= 0.3 is 0 Å². The van der Waals surface area contributed by atoms with Crippen molar-refractivity contribution in [2.75, 3.05) is 31.1 Å². The topological polar surface area (TPSA) is 28.6 Å². The molecule has 3 heterocycles. The molecule has 5 heteroatoms. The van der Waals surface area contributed by atoms with Crippen molar-refractivity contribution in [3.8, 4) is 0 Å². The summed E-state index contributed by atoms with van der Waals surface area (Å²) in [4.78, 5) is 9.70. The summed E-state index contributed by atoms with van der Waals surface area (Å²) in [5.41, 5.74) is 1.34. The Hall–Kier alpha value is -1.62. The van der Waals surface area contributed by atoms with Crippen molar-refractivity contribution in [3.05, 3.63) is 59.2 Å². The van der Waals surface area contributed by atoms with Crippen molar-refractivity contribution in [1.82, 2.24) is 9.88 Å². The number of pyridine rings is 1. The SMILES string of the molecule is CC(C)[C@H]1CN(C2CCN(c3ccccn3)CC2)[C@@H](Cc2ccc(Cl)cc2)CO1. The predicted octanol–water partition coefficient (Wildman–Crippen LogP) is 4.67. The molecule has 0 amide bonds. The molecule has 2 aromatic rings. The number of halogens is 1. The molecule has 2 aliphatic rings. The summed E-state index contributed by atoms with van der Waals surface area (Å²) in [6.07, 6.45) is 5.59. The molecular weight excluding hydrogens is 382 g/mol. The summed E-state index contributed by atoms with van der Waals surface area (Å²) >= 11 is 6.08. The van der Waals surface area contributed by atoms with Crippen LogP contribution in [0.3, 0.4) is 0 Å². The zero-order valence-corrected chi connectivity index (χ0v) is 18.3. The van der Waals surface area contributed by atoms with Crippen molar-refractivity contribution >= 4 is 17.4 Å². The Bertz CT molecular complexity index is 759. The number of rotatable bonds is 5. The van der Waals surface area contributed by atoms with Crippen molar-refractivity contribution in [2.24, 2.45) is 5.92 Å². The van der Waals surface area contributed by atoms with Crippen LogP contribution in [0.2, 0.25) is 5.02 Å². The Morgan fingerprint density at radius 1 is 1.10 bits per heavy atom. The molecule has 2 saturated heterocycles. The molecule has 4 rings (SSSR count). The van der Waals surface area contributed by atoms with Gasteiger partial charge in [-0.05, 0) is 55.0 Å². The summed E-state index contributed by atoms with van der Waals surface area (Å²) in [6, 6.07) is 15.5. The molecule has 29 heavy (non-hydrogen) atoms. The zero-order chi connectivity index (χ0) is 20.2. The van der Waals surface area contributed by atoms with Gasteiger partial charge in [-0.15, -0.1) is 0 Å². The molecule has 0 unspecified atom stereocenters. The number of ether oxygens (including phenoxy) is 1. The first-order valence-corrected chi connectivity index (χ1v) is 11.3. The van der Waals surface area contributed by atoms with Crippen LogP contribution in [0.4, 0.5) is 5.82 Å². The summed E-state index contributed by atoms with van der Waals surface area (Å²) in [5.74, 6) is 1.65. The lowest BCUT2D eigenvalue weighted by Gasteiger charge is -2.47. The van der Waals surface area contributed by atoms with E-state index in [2.05, 4.69) is 52.9 Å². The van der Waals surface area contributed by atoms with Gasteiger partial charge in [0.05, 0.1) is 12.7 Å². The average Bonchev–Trinajstić information content (AvgIpc) is 2.76. The van der Waals surface area contributed by atoms with Crippen molar-refractivity contribution in [1.29, 1.82) is 0 Å². The highest BCUT2D eigenvalue weighted by Crippen LogP contribution is 2.28. The molecular formula is C24H32ClN3O. The molecule has 0 bridgehead atoms. The Labute approximate surface area is 179 Å². The number of piperidine rings is 1. The van der Waals surface area contributed by atoms with E-state index in [4.69, 9.17) is 16.3 Å². The van der Waals surface area contributed by atoms with E-state index in [9.17, 15) is 0 Å². The fraction of sp³-hybridized carbons (Fsp3) is 0.542. The van der Waals surface area contributed by atoms with Crippen LogP contribution in [-0.2, 0) is 11.2 Å². The lowest BCUT2D eigenvalue weighted by Crippen LogP contribution is -2.58. The van der Waals surface area contributed by atoms with Crippen LogP contribution in [0, 0.1) is 5.92 Å². The number of benzene rings is 1. The quantitative estimate of drug-likeness (QED) is 0.712. The van der Waals surface area contributed by atoms with Gasteiger partial charge in [0.25, 0.3) is 0 Å². The number of aromatic nitrogens is 1. The molecule has 1 aromatic carbocycles. The second-order valence-electron chi connectivity index (χ2n) is 8.70. The standard InChI is InChI=1S/C24H32ClN3O/c1-18(2)23-16-28(22(17-29-23)15-19-6-8-20(25)9-7-19)21-10-13-27(14-11-21)24-5-3-4-12-26-24/h3-9,12,18,21-23H,10-11,13-17H2,1-2H3/t22-,23+/m0/s1. The number of morpholine rings is 1. The van der Waals surface area contributed by atoms with Crippen molar-refractivity contribution in [3.63, 3.8) is 0 Å². The normalized spacial score (nSPS) is 24.2. The van der Waals surface area contributed by atoms with Gasteiger partial charge in [0.2, 0.25) is 0 Å². The van der Waals surface area contributed by atoms with Crippen LogP contribution in [0.5, 0.6) is 0 Å². The third kappa shape index (κ3) is 5.11. The van der Waals surface area contributed by atoms with Crippen LogP contribution in [0.15, 0.2) is 48.7 Å². The Kier molecular flexibility index (Phi) is 6.74. The second-order valence-corrected chi connectivity index (χ2v) is 9.14. The van der Waals surface area contributed by atoms with Crippen LogP contribution >= 0.6 is 11.6 Å². The zero-order valence-electron chi connectivity index (χ0n) is 17.5. The maximum absolute atomic E-state index is 6.27. The smallest absolute Gasteiger partial charge is 0.128 e. The molecule has 156 valence electrons. The third-order valence-electron chi connectivity index (χ3n) is 6.40. The van der Waals surface area contributed by atoms with Crippen LogP contribution in [0.1, 0.15) is 32.3 Å². The molecule has 0 saturated carbocycles. The largest absolute Gasteiger partial charge is 0.375 e. The van der Waals surface area contributed by atoms with Gasteiger partial charge < -0.3 is 9.64 Å². The lowest BCUT2D eigenvalue weighted by atomic mass is 9.94. The second kappa shape index (κ2) is 9.46. The first-order valence-electron chi connectivity index (χ1n) is 10.9. The Balaban J connectivity index is 1.44. The van der Waals surface area contributed by atoms with Gasteiger partial charge in [-0.25, -0.2) is 4.98 Å². The highest BCUT2D eigenvalue weighted by atomic mass is 35.5. The van der Waals surface area contributed by atoms with Crippen LogP contribution in [-0.4, -0.2) is 54.3 Å². The molecule has 0 spiro atoms. The van der Waals surface area contributed by atoms with E-state index in [1.165, 1.54) is 18.4 Å². The van der Waals surface area contributed by atoms with Gasteiger partial charge in [-0.1, -0.05) is 43.6 Å². The van der Waals surface area contributed by atoms with Gasteiger partial charge in [0.15, 0.2) is 0 Å². The summed E-state index contributed by atoms with van der Waals surface area (Å²) in [7, 11) is 0. The van der Waals surface area contributed by atoms with E-state index in [1.807, 2.05) is 24.4 Å². The minimum atomic E-state index is 0.324. The molecule has 0 radical (unpaired) electrons. The number of hydrogen-bond acceptors (Lipinski definition) is 4. The molecule has 2 atom stereocenters. The first kappa shape index (κ1) is 20.6. The molecule has 4 nitrogen and oxygen atoms in total. The first-order chi connectivity index (χ1) is 14.1. The van der Waals surface area contributed by atoms with Crippen LogP contribution in [0.25, 0.3) is 0 Å². The summed E-state index contributed by atoms with van der Waals surface area (Å²) < 4.78 is 6.27. The summed E-state index contributed by atoms with van der Waals surface area (Å²) in [5, 5.41) is 0.798. The van der Waals surface area contributed by atoms with Crippen molar-refractivity contribution in [2.45, 2.75) is 51.3 Å². The Morgan fingerprint density at radius 3 is 2.52 bits per heavy atom. The molecule has 0 N–H and O–H groups in total. The average molecular weight is 414 g/mol. The predicted molar refractivity (Wildman–Crippen MR) is 120 cm³/mol. The fourth-order valence-corrected chi connectivity index (χ4v) is 4.75. The molecule has 2 fully saturated rings. The van der Waals surface area contributed by atoms with E-state index < -0.39 is 0 Å². The van der Waals surface area contributed by atoms with E-state index in [-0.39, 0.29) is 0 Å². The van der Waals surface area contributed by atoms with E-state index in [1.54, 1.807) is 0 Å². The number of anilines is 1. The Morgan fingerprint density at radius 2 is 1.86 bits per heavy atom. The van der Waals surface area contributed by atoms with Gasteiger partial charge in [0, 0.05) is 42.9 Å². The number of nitrogens with zero attached hydrogens (tertiary/aromatic N) is 3.